The van der Waals surface area contributed by atoms with Gasteiger partial charge < -0.3 is 5.73 Å². The summed E-state index contributed by atoms with van der Waals surface area (Å²) in [5, 5.41) is 4.82. The third-order valence-electron chi connectivity index (χ3n) is 4.98. The maximum atomic E-state index is 5.76. The number of nitrogens with zero attached hydrogens (tertiary/aromatic N) is 3. The first-order valence-corrected chi connectivity index (χ1v) is 8.35. The maximum Gasteiger partial charge on any atom is 0.0765 e. The fourth-order valence-electron chi connectivity index (χ4n) is 3.83. The van der Waals surface area contributed by atoms with Crippen molar-refractivity contribution in [3.63, 3.8) is 0 Å². The van der Waals surface area contributed by atoms with Crippen LogP contribution in [0.3, 0.4) is 0 Å². The van der Waals surface area contributed by atoms with Gasteiger partial charge in [0.25, 0.3) is 0 Å². The highest BCUT2D eigenvalue weighted by molar-refractivity contribution is 5.01. The van der Waals surface area contributed by atoms with Crippen LogP contribution in [0.1, 0.15) is 63.1 Å². The Morgan fingerprint density at radius 3 is 2.75 bits per heavy atom. The standard InChI is InChI=1S/C16H28N4/c17-10-8-15-5-3-4-11-19(15)13-14-9-12-20(18-14)16-6-1-2-7-16/h9,12,15-16H,1-8,10-11,13,17H2. The highest BCUT2D eigenvalue weighted by Gasteiger charge is 2.23. The molecule has 2 aliphatic rings. The molecule has 2 fully saturated rings. The summed E-state index contributed by atoms with van der Waals surface area (Å²) in [6.07, 6.45) is 12.6. The molecule has 0 bridgehead atoms. The van der Waals surface area contributed by atoms with Gasteiger partial charge in [0.1, 0.15) is 0 Å². The summed E-state index contributed by atoms with van der Waals surface area (Å²) >= 11 is 0. The molecule has 1 saturated carbocycles. The second-order valence-electron chi connectivity index (χ2n) is 6.42. The number of nitrogens with two attached hydrogens (primary N) is 1. The Bertz CT molecular complexity index is 406. The number of hydrogen-bond acceptors (Lipinski definition) is 3. The Labute approximate surface area is 122 Å². The van der Waals surface area contributed by atoms with Gasteiger partial charge in [0.2, 0.25) is 0 Å². The van der Waals surface area contributed by atoms with E-state index in [1.165, 1.54) is 57.2 Å². The van der Waals surface area contributed by atoms with Crippen molar-refractivity contribution in [1.82, 2.24) is 14.7 Å². The molecule has 20 heavy (non-hydrogen) atoms. The number of piperidine rings is 1. The normalized spacial score (nSPS) is 25.4. The Balaban J connectivity index is 1.61. The smallest absolute Gasteiger partial charge is 0.0765 e. The molecular weight excluding hydrogens is 248 g/mol. The summed E-state index contributed by atoms with van der Waals surface area (Å²) < 4.78 is 2.21. The van der Waals surface area contributed by atoms with E-state index in [2.05, 4.69) is 21.8 Å². The van der Waals surface area contributed by atoms with E-state index in [9.17, 15) is 0 Å². The van der Waals surface area contributed by atoms with Crippen LogP contribution in [0, 0.1) is 0 Å². The quantitative estimate of drug-likeness (QED) is 0.899. The third kappa shape index (κ3) is 3.23. The molecule has 1 atom stereocenters. The van der Waals surface area contributed by atoms with Gasteiger partial charge in [-0.2, -0.15) is 5.10 Å². The van der Waals surface area contributed by atoms with Crippen LogP contribution >= 0.6 is 0 Å². The van der Waals surface area contributed by atoms with Crippen molar-refractivity contribution in [2.45, 2.75) is 70.0 Å². The third-order valence-corrected chi connectivity index (χ3v) is 4.98. The van der Waals surface area contributed by atoms with Crippen LogP contribution in [0.4, 0.5) is 0 Å². The zero-order valence-corrected chi connectivity index (χ0v) is 12.5. The molecule has 3 rings (SSSR count). The average molecular weight is 276 g/mol. The van der Waals surface area contributed by atoms with Gasteiger partial charge in [-0.1, -0.05) is 19.3 Å². The molecule has 1 saturated heterocycles. The first kappa shape index (κ1) is 14.1. The summed E-state index contributed by atoms with van der Waals surface area (Å²) in [6, 6.07) is 3.54. The van der Waals surface area contributed by atoms with Crippen molar-refractivity contribution >= 4 is 0 Å². The average Bonchev–Trinajstić information content (AvgIpc) is 3.12. The van der Waals surface area contributed by atoms with Crippen molar-refractivity contribution in [2.75, 3.05) is 13.1 Å². The molecule has 0 spiro atoms. The lowest BCUT2D eigenvalue weighted by Crippen LogP contribution is -2.40. The topological polar surface area (TPSA) is 47.1 Å². The van der Waals surface area contributed by atoms with E-state index in [0.29, 0.717) is 12.1 Å². The van der Waals surface area contributed by atoms with Gasteiger partial charge in [0.15, 0.2) is 0 Å². The molecule has 0 aromatic carbocycles. The van der Waals surface area contributed by atoms with Gasteiger partial charge in [-0.15, -0.1) is 0 Å². The summed E-state index contributed by atoms with van der Waals surface area (Å²) in [6.45, 7) is 3.02. The van der Waals surface area contributed by atoms with Crippen molar-refractivity contribution in [2.24, 2.45) is 5.73 Å². The van der Waals surface area contributed by atoms with Crippen molar-refractivity contribution in [1.29, 1.82) is 0 Å². The van der Waals surface area contributed by atoms with Gasteiger partial charge in [-0.3, -0.25) is 9.58 Å². The molecule has 1 aromatic heterocycles. The predicted octanol–water partition coefficient (Wildman–Crippen LogP) is 2.70. The van der Waals surface area contributed by atoms with E-state index >= 15 is 0 Å². The molecule has 0 amide bonds. The Kier molecular flexibility index (Phi) is 4.73. The first-order valence-electron chi connectivity index (χ1n) is 8.35. The van der Waals surface area contributed by atoms with Gasteiger partial charge in [-0.25, -0.2) is 0 Å². The van der Waals surface area contributed by atoms with E-state index in [1.54, 1.807) is 0 Å². The first-order chi connectivity index (χ1) is 9.86. The predicted molar refractivity (Wildman–Crippen MR) is 81.5 cm³/mol. The zero-order chi connectivity index (χ0) is 13.8. The van der Waals surface area contributed by atoms with Gasteiger partial charge in [0, 0.05) is 18.8 Å². The van der Waals surface area contributed by atoms with Crippen LogP contribution < -0.4 is 5.73 Å². The molecule has 1 aliphatic heterocycles. The van der Waals surface area contributed by atoms with E-state index in [-0.39, 0.29) is 0 Å². The van der Waals surface area contributed by atoms with E-state index in [4.69, 9.17) is 10.8 Å². The minimum Gasteiger partial charge on any atom is -0.330 e. The largest absolute Gasteiger partial charge is 0.330 e. The molecular formula is C16H28N4. The number of aromatic nitrogens is 2. The zero-order valence-electron chi connectivity index (χ0n) is 12.5. The SMILES string of the molecule is NCCC1CCCCN1Cc1ccn(C2CCCC2)n1. The lowest BCUT2D eigenvalue weighted by Gasteiger charge is -2.35. The van der Waals surface area contributed by atoms with Gasteiger partial charge >= 0.3 is 0 Å². The Morgan fingerprint density at radius 1 is 1.15 bits per heavy atom. The Hall–Kier alpha value is -0.870. The van der Waals surface area contributed by atoms with Gasteiger partial charge in [0.05, 0.1) is 11.7 Å². The molecule has 4 heteroatoms. The lowest BCUT2D eigenvalue weighted by atomic mass is 9.99. The van der Waals surface area contributed by atoms with Crippen molar-refractivity contribution in [3.05, 3.63) is 18.0 Å². The summed E-state index contributed by atoms with van der Waals surface area (Å²) in [4.78, 5) is 2.59. The van der Waals surface area contributed by atoms with E-state index in [0.717, 1.165) is 19.5 Å². The summed E-state index contributed by atoms with van der Waals surface area (Å²) in [7, 11) is 0. The van der Waals surface area contributed by atoms with Crippen LogP contribution in [0.5, 0.6) is 0 Å². The van der Waals surface area contributed by atoms with Crippen LogP contribution in [0.25, 0.3) is 0 Å². The molecule has 2 N–H and O–H groups in total. The molecule has 1 aromatic rings. The number of likely N-dealkylation sites (tertiary alicyclic amines) is 1. The number of rotatable bonds is 5. The minimum absolute atomic E-state index is 0.657. The summed E-state index contributed by atoms with van der Waals surface area (Å²) in [5.74, 6) is 0. The van der Waals surface area contributed by atoms with Crippen LogP contribution in [0.15, 0.2) is 12.3 Å². The Morgan fingerprint density at radius 2 is 1.95 bits per heavy atom. The monoisotopic (exact) mass is 276 g/mol. The highest BCUT2D eigenvalue weighted by Crippen LogP contribution is 2.29. The molecule has 2 heterocycles. The minimum atomic E-state index is 0.657. The molecule has 112 valence electrons. The molecule has 1 unspecified atom stereocenters. The maximum absolute atomic E-state index is 5.76. The van der Waals surface area contributed by atoms with Crippen molar-refractivity contribution in [3.8, 4) is 0 Å². The number of hydrogen-bond donors (Lipinski definition) is 1. The fraction of sp³-hybridized carbons (Fsp3) is 0.812. The fourth-order valence-corrected chi connectivity index (χ4v) is 3.83. The van der Waals surface area contributed by atoms with E-state index in [1.807, 2.05) is 0 Å². The van der Waals surface area contributed by atoms with Crippen LogP contribution in [-0.4, -0.2) is 33.8 Å². The molecule has 0 radical (unpaired) electrons. The molecule has 1 aliphatic carbocycles. The lowest BCUT2D eigenvalue weighted by molar-refractivity contribution is 0.132. The van der Waals surface area contributed by atoms with Gasteiger partial charge in [-0.05, 0) is 51.3 Å². The van der Waals surface area contributed by atoms with E-state index < -0.39 is 0 Å². The summed E-state index contributed by atoms with van der Waals surface area (Å²) in [5.41, 5.74) is 6.99. The van der Waals surface area contributed by atoms with Crippen molar-refractivity contribution < 1.29 is 0 Å². The second kappa shape index (κ2) is 6.72. The highest BCUT2D eigenvalue weighted by atomic mass is 15.3. The van der Waals surface area contributed by atoms with Crippen LogP contribution in [0.2, 0.25) is 0 Å². The molecule has 4 nitrogen and oxygen atoms in total. The van der Waals surface area contributed by atoms with Crippen LogP contribution in [-0.2, 0) is 6.54 Å². The second-order valence-corrected chi connectivity index (χ2v) is 6.42.